The van der Waals surface area contributed by atoms with Crippen molar-refractivity contribution in [2.24, 2.45) is 0 Å². The zero-order chi connectivity index (χ0) is 15.5. The van der Waals surface area contributed by atoms with E-state index in [0.717, 1.165) is 4.47 Å². The SMILES string of the molecule is COc1ccc(C(=O)CSc2nc3ncccn3n2)cc1Br. The number of ether oxygens (including phenoxy) is 1. The van der Waals surface area contributed by atoms with Crippen LogP contribution in [0.5, 0.6) is 5.75 Å². The largest absolute Gasteiger partial charge is 0.496 e. The number of aromatic nitrogens is 4. The van der Waals surface area contributed by atoms with Crippen LogP contribution in [0.3, 0.4) is 0 Å². The summed E-state index contributed by atoms with van der Waals surface area (Å²) in [6, 6.07) is 7.02. The maximum atomic E-state index is 12.2. The van der Waals surface area contributed by atoms with Gasteiger partial charge in [-0.2, -0.15) is 4.98 Å². The van der Waals surface area contributed by atoms with E-state index >= 15 is 0 Å². The fourth-order valence-electron chi connectivity index (χ4n) is 1.83. The molecule has 3 aromatic rings. The van der Waals surface area contributed by atoms with E-state index in [4.69, 9.17) is 4.74 Å². The van der Waals surface area contributed by atoms with Crippen LogP contribution in [-0.4, -0.2) is 38.2 Å². The second-order valence-corrected chi connectivity index (χ2v) is 6.12. The van der Waals surface area contributed by atoms with Crippen LogP contribution in [0.25, 0.3) is 5.78 Å². The number of thioether (sulfide) groups is 1. The summed E-state index contributed by atoms with van der Waals surface area (Å²) in [7, 11) is 1.58. The van der Waals surface area contributed by atoms with Gasteiger partial charge in [0.1, 0.15) is 5.75 Å². The topological polar surface area (TPSA) is 69.4 Å². The van der Waals surface area contributed by atoms with Gasteiger partial charge in [-0.3, -0.25) is 4.79 Å². The van der Waals surface area contributed by atoms with Gasteiger partial charge in [0.25, 0.3) is 5.78 Å². The van der Waals surface area contributed by atoms with Gasteiger partial charge in [-0.15, -0.1) is 5.10 Å². The molecule has 0 spiro atoms. The van der Waals surface area contributed by atoms with Crippen molar-refractivity contribution < 1.29 is 9.53 Å². The summed E-state index contributed by atoms with van der Waals surface area (Å²) in [6.45, 7) is 0. The van der Waals surface area contributed by atoms with Crippen molar-refractivity contribution in [3.63, 3.8) is 0 Å². The van der Waals surface area contributed by atoms with Gasteiger partial charge in [0, 0.05) is 18.0 Å². The molecule has 0 N–H and O–H groups in total. The number of carbonyl (C=O) groups excluding carboxylic acids is 1. The van der Waals surface area contributed by atoms with Gasteiger partial charge in [-0.25, -0.2) is 9.50 Å². The number of fused-ring (bicyclic) bond motifs is 1. The van der Waals surface area contributed by atoms with Crippen molar-refractivity contribution in [1.29, 1.82) is 0 Å². The monoisotopic (exact) mass is 378 g/mol. The summed E-state index contributed by atoms with van der Waals surface area (Å²) in [5.41, 5.74) is 0.613. The molecule has 0 unspecified atom stereocenters. The fourth-order valence-corrected chi connectivity index (χ4v) is 3.09. The van der Waals surface area contributed by atoms with Crippen LogP contribution in [0.4, 0.5) is 0 Å². The number of hydrogen-bond donors (Lipinski definition) is 0. The summed E-state index contributed by atoms with van der Waals surface area (Å²) >= 11 is 4.66. The molecular weight excluding hydrogens is 368 g/mol. The minimum absolute atomic E-state index is 0.000156. The van der Waals surface area contributed by atoms with Crippen LogP contribution in [0.15, 0.2) is 46.3 Å². The molecule has 3 rings (SSSR count). The first-order valence-corrected chi connectivity index (χ1v) is 8.12. The molecule has 0 amide bonds. The quantitative estimate of drug-likeness (QED) is 0.502. The number of carbonyl (C=O) groups is 1. The van der Waals surface area contributed by atoms with Crippen molar-refractivity contribution in [2.75, 3.05) is 12.9 Å². The van der Waals surface area contributed by atoms with Crippen LogP contribution in [0, 0.1) is 0 Å². The minimum atomic E-state index is 0.000156. The first-order chi connectivity index (χ1) is 10.7. The average molecular weight is 379 g/mol. The van der Waals surface area contributed by atoms with Crippen LogP contribution in [-0.2, 0) is 0 Å². The highest BCUT2D eigenvalue weighted by molar-refractivity contribution is 9.10. The van der Waals surface area contributed by atoms with Gasteiger partial charge in [0.2, 0.25) is 5.16 Å². The van der Waals surface area contributed by atoms with E-state index in [9.17, 15) is 4.79 Å². The van der Waals surface area contributed by atoms with Crippen molar-refractivity contribution in [3.05, 3.63) is 46.7 Å². The zero-order valence-corrected chi connectivity index (χ0v) is 14.0. The number of methoxy groups -OCH3 is 1. The van der Waals surface area contributed by atoms with Gasteiger partial charge < -0.3 is 4.74 Å². The molecule has 0 saturated heterocycles. The zero-order valence-electron chi connectivity index (χ0n) is 11.6. The summed E-state index contributed by atoms with van der Waals surface area (Å²) in [6.07, 6.45) is 3.42. The molecule has 2 aromatic heterocycles. The number of benzene rings is 1. The number of rotatable bonds is 5. The molecule has 8 heteroatoms. The Labute approximate surface area is 139 Å². The molecule has 0 bridgehead atoms. The molecule has 0 saturated carbocycles. The van der Waals surface area contributed by atoms with E-state index in [1.165, 1.54) is 11.8 Å². The maximum Gasteiger partial charge on any atom is 0.253 e. The van der Waals surface area contributed by atoms with Crippen LogP contribution < -0.4 is 4.74 Å². The molecule has 0 radical (unpaired) electrons. The number of nitrogens with zero attached hydrogens (tertiary/aromatic N) is 4. The Kier molecular flexibility index (Phi) is 4.39. The van der Waals surface area contributed by atoms with E-state index in [0.29, 0.717) is 22.2 Å². The second kappa shape index (κ2) is 6.45. The van der Waals surface area contributed by atoms with Crippen LogP contribution in [0.1, 0.15) is 10.4 Å². The molecule has 22 heavy (non-hydrogen) atoms. The van der Waals surface area contributed by atoms with Crippen molar-refractivity contribution >= 4 is 39.3 Å². The number of ketones is 1. The molecule has 0 fully saturated rings. The normalized spacial score (nSPS) is 10.8. The highest BCUT2D eigenvalue weighted by Crippen LogP contribution is 2.26. The third-order valence-electron chi connectivity index (χ3n) is 2.90. The third kappa shape index (κ3) is 3.12. The van der Waals surface area contributed by atoms with E-state index in [-0.39, 0.29) is 11.5 Å². The maximum absolute atomic E-state index is 12.2. The van der Waals surface area contributed by atoms with Crippen LogP contribution >= 0.6 is 27.7 Å². The van der Waals surface area contributed by atoms with Crippen LogP contribution in [0.2, 0.25) is 0 Å². The summed E-state index contributed by atoms with van der Waals surface area (Å²) in [5.74, 6) is 1.47. The first kappa shape index (κ1) is 15.0. The van der Waals surface area contributed by atoms with Crippen molar-refractivity contribution in [3.8, 4) is 5.75 Å². The third-order valence-corrected chi connectivity index (χ3v) is 4.36. The highest BCUT2D eigenvalue weighted by atomic mass is 79.9. The lowest BCUT2D eigenvalue weighted by Gasteiger charge is -2.05. The summed E-state index contributed by atoms with van der Waals surface area (Å²) < 4.78 is 7.48. The Morgan fingerprint density at radius 1 is 1.45 bits per heavy atom. The second-order valence-electron chi connectivity index (χ2n) is 4.32. The lowest BCUT2D eigenvalue weighted by atomic mass is 10.1. The molecule has 2 heterocycles. The first-order valence-electron chi connectivity index (χ1n) is 6.34. The predicted octanol–water partition coefficient (Wildman–Crippen LogP) is 2.87. The smallest absolute Gasteiger partial charge is 0.253 e. The molecule has 0 atom stereocenters. The van der Waals surface area contributed by atoms with E-state index in [1.807, 2.05) is 0 Å². The van der Waals surface area contributed by atoms with Crippen molar-refractivity contribution in [1.82, 2.24) is 19.6 Å². The highest BCUT2D eigenvalue weighted by Gasteiger charge is 2.12. The van der Waals surface area contributed by atoms with E-state index in [1.54, 1.807) is 48.3 Å². The number of Topliss-reactive ketones (excluding diaryl/α,β-unsaturated/α-hetero) is 1. The Morgan fingerprint density at radius 2 is 2.32 bits per heavy atom. The molecule has 6 nitrogen and oxygen atoms in total. The Morgan fingerprint density at radius 3 is 3.05 bits per heavy atom. The van der Waals surface area contributed by atoms with Gasteiger partial charge >= 0.3 is 0 Å². The Bertz CT molecular complexity index is 804. The Hall–Kier alpha value is -1.93. The Balaban J connectivity index is 1.70. The standard InChI is InChI=1S/C14H11BrN4O2S/c1-21-12-4-3-9(7-10(12)15)11(20)8-22-14-17-13-16-5-2-6-19(13)18-14/h2-7H,8H2,1H3. The summed E-state index contributed by atoms with van der Waals surface area (Å²) in [4.78, 5) is 20.6. The molecule has 112 valence electrons. The molecule has 1 aromatic carbocycles. The number of hydrogen-bond acceptors (Lipinski definition) is 6. The van der Waals surface area contributed by atoms with Gasteiger partial charge in [0.05, 0.1) is 17.3 Å². The average Bonchev–Trinajstić information content (AvgIpc) is 2.95. The van der Waals surface area contributed by atoms with Gasteiger partial charge in [-0.05, 0) is 40.2 Å². The lowest BCUT2D eigenvalue weighted by molar-refractivity contribution is 0.102. The fraction of sp³-hybridized carbons (Fsp3) is 0.143. The molecule has 0 aliphatic carbocycles. The van der Waals surface area contributed by atoms with Crippen molar-refractivity contribution in [2.45, 2.75) is 5.16 Å². The molecule has 0 aliphatic rings. The number of halogens is 1. The van der Waals surface area contributed by atoms with Gasteiger partial charge in [0.15, 0.2) is 5.78 Å². The lowest BCUT2D eigenvalue weighted by Crippen LogP contribution is -2.03. The summed E-state index contributed by atoms with van der Waals surface area (Å²) in [5, 5.41) is 4.78. The van der Waals surface area contributed by atoms with Gasteiger partial charge in [-0.1, -0.05) is 11.8 Å². The molecular formula is C14H11BrN4O2S. The van der Waals surface area contributed by atoms with E-state index in [2.05, 4.69) is 31.0 Å². The molecule has 0 aliphatic heterocycles. The minimum Gasteiger partial charge on any atom is -0.496 e. The van der Waals surface area contributed by atoms with E-state index < -0.39 is 0 Å². The predicted molar refractivity (Wildman–Crippen MR) is 86.5 cm³/mol.